The number of ketones is 2. The molecule has 0 aliphatic heterocycles. The van der Waals surface area contributed by atoms with E-state index in [2.05, 4.69) is 0 Å². The van der Waals surface area contributed by atoms with Crippen LogP contribution in [0.15, 0.2) is 48.5 Å². The maximum atomic E-state index is 13.5. The topological polar surface area (TPSA) is 34.1 Å². The Morgan fingerprint density at radius 3 is 2.45 bits per heavy atom. The second-order valence-corrected chi connectivity index (χ2v) is 5.80. The van der Waals surface area contributed by atoms with Crippen LogP contribution < -0.4 is 0 Å². The van der Waals surface area contributed by atoms with Gasteiger partial charge in [0, 0.05) is 11.5 Å². The van der Waals surface area contributed by atoms with Crippen molar-refractivity contribution in [2.75, 3.05) is 0 Å². The second kappa shape index (κ2) is 6.22. The highest BCUT2D eigenvalue weighted by atomic mass is 19.1. The minimum Gasteiger partial charge on any atom is -0.299 e. The van der Waals surface area contributed by atoms with Crippen molar-refractivity contribution in [3.8, 4) is 0 Å². The van der Waals surface area contributed by atoms with E-state index < -0.39 is 0 Å². The highest BCUT2D eigenvalue weighted by Gasteiger charge is 2.31. The van der Waals surface area contributed by atoms with Crippen molar-refractivity contribution in [3.05, 3.63) is 71.0 Å². The average Bonchev–Trinajstić information content (AvgIpc) is 3.33. The molecule has 0 N–H and O–H groups in total. The van der Waals surface area contributed by atoms with Crippen molar-refractivity contribution >= 4 is 11.6 Å². The van der Waals surface area contributed by atoms with Gasteiger partial charge >= 0.3 is 0 Å². The summed E-state index contributed by atoms with van der Waals surface area (Å²) in [4.78, 5) is 24.2. The summed E-state index contributed by atoms with van der Waals surface area (Å²) in [5, 5.41) is 0. The molecule has 0 amide bonds. The maximum absolute atomic E-state index is 13.5. The van der Waals surface area contributed by atoms with Crippen molar-refractivity contribution in [2.45, 2.75) is 25.7 Å². The van der Waals surface area contributed by atoms with E-state index in [0.717, 1.165) is 18.4 Å². The first-order valence-corrected chi connectivity index (χ1v) is 7.52. The summed E-state index contributed by atoms with van der Waals surface area (Å²) >= 11 is 0. The SMILES string of the molecule is O=C(CC(=O)C1CC1)c1ccc(F)cc1Cc1ccccc1. The minimum absolute atomic E-state index is 0.0139. The van der Waals surface area contributed by atoms with Crippen molar-refractivity contribution in [3.63, 3.8) is 0 Å². The summed E-state index contributed by atoms with van der Waals surface area (Å²) in [6, 6.07) is 13.8. The third kappa shape index (κ3) is 3.48. The molecule has 112 valence electrons. The fourth-order valence-corrected chi connectivity index (χ4v) is 2.60. The van der Waals surface area contributed by atoms with E-state index >= 15 is 0 Å². The van der Waals surface area contributed by atoms with Crippen molar-refractivity contribution < 1.29 is 14.0 Å². The van der Waals surface area contributed by atoms with Crippen LogP contribution in [-0.2, 0) is 11.2 Å². The Morgan fingerprint density at radius 2 is 1.77 bits per heavy atom. The number of carbonyl (C=O) groups is 2. The molecule has 0 unspecified atom stereocenters. The van der Waals surface area contributed by atoms with Gasteiger partial charge in [0.15, 0.2) is 5.78 Å². The lowest BCUT2D eigenvalue weighted by Gasteiger charge is -2.09. The standard InChI is InChI=1S/C19H17FO2/c20-16-8-9-17(19(22)12-18(21)14-6-7-14)15(11-16)10-13-4-2-1-3-5-13/h1-5,8-9,11,14H,6-7,10,12H2. The van der Waals surface area contributed by atoms with Crippen LogP contribution in [0, 0.1) is 11.7 Å². The summed E-state index contributed by atoms with van der Waals surface area (Å²) in [6.45, 7) is 0. The molecule has 2 aromatic carbocycles. The molecule has 1 saturated carbocycles. The molecular formula is C19H17FO2. The molecular weight excluding hydrogens is 279 g/mol. The number of rotatable bonds is 6. The normalized spacial score (nSPS) is 13.9. The molecule has 0 heterocycles. The molecule has 0 saturated heterocycles. The Kier molecular flexibility index (Phi) is 4.14. The molecule has 1 aliphatic rings. The van der Waals surface area contributed by atoms with Crippen LogP contribution in [-0.4, -0.2) is 11.6 Å². The van der Waals surface area contributed by atoms with Gasteiger partial charge in [-0.1, -0.05) is 30.3 Å². The summed E-state index contributed by atoms with van der Waals surface area (Å²) in [7, 11) is 0. The van der Waals surface area contributed by atoms with E-state index in [9.17, 15) is 14.0 Å². The predicted octanol–water partition coefficient (Wildman–Crippen LogP) is 3.97. The van der Waals surface area contributed by atoms with Gasteiger partial charge in [0.25, 0.3) is 0 Å². The maximum Gasteiger partial charge on any atom is 0.170 e. The molecule has 22 heavy (non-hydrogen) atoms. The molecule has 1 fully saturated rings. The van der Waals surface area contributed by atoms with Gasteiger partial charge in [-0.05, 0) is 48.6 Å². The Labute approximate surface area is 129 Å². The highest BCUT2D eigenvalue weighted by molar-refractivity contribution is 6.09. The van der Waals surface area contributed by atoms with E-state index in [1.54, 1.807) is 0 Å². The van der Waals surface area contributed by atoms with Crippen LogP contribution in [0.5, 0.6) is 0 Å². The van der Waals surface area contributed by atoms with E-state index in [4.69, 9.17) is 0 Å². The zero-order valence-corrected chi connectivity index (χ0v) is 12.2. The van der Waals surface area contributed by atoms with Crippen LogP contribution >= 0.6 is 0 Å². The first kappa shape index (κ1) is 14.6. The smallest absolute Gasteiger partial charge is 0.170 e. The largest absolute Gasteiger partial charge is 0.299 e. The molecule has 1 aliphatic carbocycles. The average molecular weight is 296 g/mol. The third-order valence-electron chi connectivity index (χ3n) is 3.97. The van der Waals surface area contributed by atoms with Gasteiger partial charge in [0.05, 0.1) is 6.42 Å². The summed E-state index contributed by atoms with van der Waals surface area (Å²) in [5.74, 6) is -0.485. The van der Waals surface area contributed by atoms with Crippen molar-refractivity contribution in [1.29, 1.82) is 0 Å². The van der Waals surface area contributed by atoms with Gasteiger partial charge in [-0.2, -0.15) is 0 Å². The second-order valence-electron chi connectivity index (χ2n) is 5.80. The summed E-state index contributed by atoms with van der Waals surface area (Å²) < 4.78 is 13.5. The molecule has 0 atom stereocenters. The van der Waals surface area contributed by atoms with E-state index in [0.29, 0.717) is 17.5 Å². The molecule has 0 radical (unpaired) electrons. The molecule has 0 spiro atoms. The van der Waals surface area contributed by atoms with Gasteiger partial charge in [-0.3, -0.25) is 9.59 Å². The van der Waals surface area contributed by atoms with Crippen molar-refractivity contribution in [2.24, 2.45) is 5.92 Å². The molecule has 0 aromatic heterocycles. The third-order valence-corrected chi connectivity index (χ3v) is 3.97. The number of Topliss-reactive ketones (excluding diaryl/α,β-unsaturated/α-hetero) is 2. The zero-order valence-electron chi connectivity index (χ0n) is 12.2. The Morgan fingerprint density at radius 1 is 1.05 bits per heavy atom. The Balaban J connectivity index is 1.83. The van der Waals surface area contributed by atoms with Gasteiger partial charge in [0.1, 0.15) is 11.6 Å². The molecule has 3 rings (SSSR count). The summed E-state index contributed by atoms with van der Waals surface area (Å²) in [5.41, 5.74) is 2.11. The van der Waals surface area contributed by atoms with Gasteiger partial charge < -0.3 is 0 Å². The first-order valence-electron chi connectivity index (χ1n) is 7.52. The highest BCUT2D eigenvalue weighted by Crippen LogP contribution is 2.31. The number of hydrogen-bond donors (Lipinski definition) is 0. The molecule has 2 nitrogen and oxygen atoms in total. The number of carbonyl (C=O) groups excluding carboxylic acids is 2. The first-order chi connectivity index (χ1) is 10.6. The Bertz CT molecular complexity index is 703. The fourth-order valence-electron chi connectivity index (χ4n) is 2.60. The lowest BCUT2D eigenvalue weighted by Crippen LogP contribution is -2.12. The van der Waals surface area contributed by atoms with Gasteiger partial charge in [0.2, 0.25) is 0 Å². The summed E-state index contributed by atoms with van der Waals surface area (Å²) in [6.07, 6.45) is 2.20. The van der Waals surface area contributed by atoms with E-state index in [1.165, 1.54) is 18.2 Å². The molecule has 3 heteroatoms. The fraction of sp³-hybridized carbons (Fsp3) is 0.263. The minimum atomic E-state index is -0.365. The van der Waals surface area contributed by atoms with Crippen LogP contribution in [0.3, 0.4) is 0 Å². The van der Waals surface area contributed by atoms with Crippen LogP contribution in [0.4, 0.5) is 4.39 Å². The number of halogens is 1. The van der Waals surface area contributed by atoms with Crippen LogP contribution in [0.1, 0.15) is 40.7 Å². The Hall–Kier alpha value is -2.29. The number of benzene rings is 2. The predicted molar refractivity (Wildman–Crippen MR) is 82.3 cm³/mol. The van der Waals surface area contributed by atoms with Crippen molar-refractivity contribution in [1.82, 2.24) is 0 Å². The quantitative estimate of drug-likeness (QED) is 0.597. The lowest BCUT2D eigenvalue weighted by molar-refractivity contribution is -0.119. The van der Waals surface area contributed by atoms with Crippen LogP contribution in [0.25, 0.3) is 0 Å². The molecule has 2 aromatic rings. The monoisotopic (exact) mass is 296 g/mol. The van der Waals surface area contributed by atoms with Gasteiger partial charge in [-0.25, -0.2) is 4.39 Å². The van der Waals surface area contributed by atoms with Crippen LogP contribution in [0.2, 0.25) is 0 Å². The van der Waals surface area contributed by atoms with Gasteiger partial charge in [-0.15, -0.1) is 0 Å². The molecule has 0 bridgehead atoms. The zero-order chi connectivity index (χ0) is 15.5. The van der Waals surface area contributed by atoms with E-state index in [1.807, 2.05) is 30.3 Å². The number of hydrogen-bond acceptors (Lipinski definition) is 2. The van der Waals surface area contributed by atoms with E-state index in [-0.39, 0.29) is 29.7 Å². The lowest BCUT2D eigenvalue weighted by atomic mass is 9.94.